The maximum Gasteiger partial charge on any atom is 0.243 e. The van der Waals surface area contributed by atoms with Crippen molar-refractivity contribution >= 4 is 28.3 Å². The van der Waals surface area contributed by atoms with E-state index in [1.165, 1.54) is 4.31 Å². The van der Waals surface area contributed by atoms with Gasteiger partial charge < -0.3 is 10.6 Å². The number of piperazine rings is 1. The van der Waals surface area contributed by atoms with E-state index in [1.54, 1.807) is 35.2 Å². The van der Waals surface area contributed by atoms with E-state index in [-0.39, 0.29) is 23.2 Å². The van der Waals surface area contributed by atoms with Crippen molar-refractivity contribution in [3.63, 3.8) is 0 Å². The minimum absolute atomic E-state index is 0. The van der Waals surface area contributed by atoms with Crippen molar-refractivity contribution in [3.8, 4) is 0 Å². The van der Waals surface area contributed by atoms with Crippen molar-refractivity contribution in [1.82, 2.24) is 9.21 Å². The number of carbonyl (C=O) groups is 1. The molecular formula is C15H24ClN3O3S. The van der Waals surface area contributed by atoms with Crippen LogP contribution in [0.5, 0.6) is 0 Å². The Morgan fingerprint density at radius 2 is 1.74 bits per heavy atom. The molecule has 1 aromatic rings. The van der Waals surface area contributed by atoms with Gasteiger partial charge in [0, 0.05) is 26.2 Å². The summed E-state index contributed by atoms with van der Waals surface area (Å²) in [6.07, 6.45) is 1.51. The first-order valence-electron chi connectivity index (χ1n) is 7.56. The molecule has 1 fully saturated rings. The largest absolute Gasteiger partial charge is 0.339 e. The lowest BCUT2D eigenvalue weighted by Gasteiger charge is -2.35. The third-order valence-electron chi connectivity index (χ3n) is 3.85. The summed E-state index contributed by atoms with van der Waals surface area (Å²) >= 11 is 0. The summed E-state index contributed by atoms with van der Waals surface area (Å²) in [5, 5.41) is 0. The first kappa shape index (κ1) is 19.9. The standard InChI is InChI=1S/C15H23N3O3S.ClH/c1-2-6-14(16)15(19)17-9-11-18(12-10-17)22(20,21)13-7-4-3-5-8-13;/h3-5,7-8,14H,2,6,9-12,16H2,1H3;1H. The van der Waals surface area contributed by atoms with Gasteiger partial charge in [0.05, 0.1) is 10.9 Å². The van der Waals surface area contributed by atoms with Gasteiger partial charge in [-0.05, 0) is 18.6 Å². The third kappa shape index (κ3) is 4.67. The molecule has 1 saturated heterocycles. The highest BCUT2D eigenvalue weighted by atomic mass is 35.5. The quantitative estimate of drug-likeness (QED) is 0.850. The van der Waals surface area contributed by atoms with E-state index in [2.05, 4.69) is 0 Å². The molecule has 130 valence electrons. The summed E-state index contributed by atoms with van der Waals surface area (Å²) in [6, 6.07) is 7.88. The molecule has 2 rings (SSSR count). The Morgan fingerprint density at radius 3 is 2.26 bits per heavy atom. The Balaban J connectivity index is 0.00000264. The molecule has 0 aromatic heterocycles. The van der Waals surface area contributed by atoms with Gasteiger partial charge in [-0.3, -0.25) is 4.79 Å². The molecule has 1 aliphatic rings. The van der Waals surface area contributed by atoms with Crippen molar-refractivity contribution < 1.29 is 13.2 Å². The predicted molar refractivity (Wildman–Crippen MR) is 91.9 cm³/mol. The zero-order chi connectivity index (χ0) is 16.2. The Labute approximate surface area is 144 Å². The highest BCUT2D eigenvalue weighted by molar-refractivity contribution is 7.89. The summed E-state index contributed by atoms with van der Waals surface area (Å²) in [6.45, 7) is 3.38. The second kappa shape index (κ2) is 8.63. The van der Waals surface area contributed by atoms with Crippen LogP contribution in [0.15, 0.2) is 35.2 Å². The number of carbonyl (C=O) groups excluding carboxylic acids is 1. The Morgan fingerprint density at radius 1 is 1.17 bits per heavy atom. The van der Waals surface area contributed by atoms with Gasteiger partial charge in [0.15, 0.2) is 0 Å². The van der Waals surface area contributed by atoms with E-state index in [0.29, 0.717) is 32.6 Å². The van der Waals surface area contributed by atoms with E-state index in [9.17, 15) is 13.2 Å². The minimum Gasteiger partial charge on any atom is -0.339 e. The van der Waals surface area contributed by atoms with Gasteiger partial charge in [0.1, 0.15) is 0 Å². The normalized spacial score (nSPS) is 17.4. The maximum atomic E-state index is 12.5. The number of halogens is 1. The first-order chi connectivity index (χ1) is 10.5. The number of hydrogen-bond donors (Lipinski definition) is 1. The number of benzene rings is 1. The molecule has 1 atom stereocenters. The molecule has 0 spiro atoms. The van der Waals surface area contributed by atoms with E-state index >= 15 is 0 Å². The lowest BCUT2D eigenvalue weighted by atomic mass is 10.1. The molecule has 1 aliphatic heterocycles. The molecule has 23 heavy (non-hydrogen) atoms. The molecule has 0 aliphatic carbocycles. The van der Waals surface area contributed by atoms with Crippen molar-refractivity contribution in [2.75, 3.05) is 26.2 Å². The van der Waals surface area contributed by atoms with Crippen LogP contribution < -0.4 is 5.73 Å². The number of sulfonamides is 1. The van der Waals surface area contributed by atoms with Crippen LogP contribution in [0.25, 0.3) is 0 Å². The van der Waals surface area contributed by atoms with Gasteiger partial charge in [0.25, 0.3) is 0 Å². The Bertz CT molecular complexity index is 602. The van der Waals surface area contributed by atoms with Gasteiger partial charge in [-0.2, -0.15) is 4.31 Å². The van der Waals surface area contributed by atoms with Gasteiger partial charge in [-0.25, -0.2) is 8.42 Å². The molecule has 1 heterocycles. The van der Waals surface area contributed by atoms with Crippen molar-refractivity contribution in [1.29, 1.82) is 0 Å². The van der Waals surface area contributed by atoms with Gasteiger partial charge in [-0.15, -0.1) is 12.4 Å². The fourth-order valence-electron chi connectivity index (χ4n) is 2.56. The topological polar surface area (TPSA) is 83.7 Å². The number of nitrogens with zero attached hydrogens (tertiary/aromatic N) is 2. The molecular weight excluding hydrogens is 338 g/mol. The van der Waals surface area contributed by atoms with Crippen molar-refractivity contribution in [2.24, 2.45) is 5.73 Å². The average Bonchev–Trinajstić information content (AvgIpc) is 2.55. The summed E-state index contributed by atoms with van der Waals surface area (Å²) in [4.78, 5) is 14.1. The summed E-state index contributed by atoms with van der Waals surface area (Å²) < 4.78 is 26.4. The molecule has 1 amide bonds. The lowest BCUT2D eigenvalue weighted by Crippen LogP contribution is -2.54. The Kier molecular flexibility index (Phi) is 7.47. The highest BCUT2D eigenvalue weighted by Gasteiger charge is 2.31. The smallest absolute Gasteiger partial charge is 0.243 e. The zero-order valence-electron chi connectivity index (χ0n) is 13.2. The zero-order valence-corrected chi connectivity index (χ0v) is 14.9. The fourth-order valence-corrected chi connectivity index (χ4v) is 4.00. The molecule has 0 saturated carbocycles. The molecule has 8 heteroatoms. The van der Waals surface area contributed by atoms with Crippen LogP contribution in [0.2, 0.25) is 0 Å². The summed E-state index contributed by atoms with van der Waals surface area (Å²) in [5.41, 5.74) is 5.85. The van der Waals surface area contributed by atoms with E-state index < -0.39 is 16.1 Å². The van der Waals surface area contributed by atoms with Crippen LogP contribution in [0.4, 0.5) is 0 Å². The van der Waals surface area contributed by atoms with Gasteiger partial charge in [0.2, 0.25) is 15.9 Å². The van der Waals surface area contributed by atoms with Crippen LogP contribution >= 0.6 is 12.4 Å². The first-order valence-corrected chi connectivity index (χ1v) is 9.00. The summed E-state index contributed by atoms with van der Waals surface area (Å²) in [7, 11) is -3.48. The van der Waals surface area contributed by atoms with Crippen LogP contribution in [0, 0.1) is 0 Å². The molecule has 1 unspecified atom stereocenters. The molecule has 0 bridgehead atoms. The van der Waals surface area contributed by atoms with Crippen LogP contribution in [0.1, 0.15) is 19.8 Å². The number of hydrogen-bond acceptors (Lipinski definition) is 4. The van der Waals surface area contributed by atoms with Crippen LogP contribution in [0.3, 0.4) is 0 Å². The second-order valence-corrected chi connectivity index (χ2v) is 7.38. The third-order valence-corrected chi connectivity index (χ3v) is 5.76. The van der Waals surface area contributed by atoms with E-state index in [4.69, 9.17) is 5.73 Å². The van der Waals surface area contributed by atoms with Crippen LogP contribution in [-0.2, 0) is 14.8 Å². The predicted octanol–water partition coefficient (Wildman–Crippen LogP) is 1.07. The molecule has 1 aromatic carbocycles. The number of nitrogens with two attached hydrogens (primary N) is 1. The molecule has 2 N–H and O–H groups in total. The maximum absolute atomic E-state index is 12.5. The monoisotopic (exact) mass is 361 g/mol. The van der Waals surface area contributed by atoms with Gasteiger partial charge in [-0.1, -0.05) is 31.5 Å². The van der Waals surface area contributed by atoms with Crippen molar-refractivity contribution in [3.05, 3.63) is 30.3 Å². The van der Waals surface area contributed by atoms with Gasteiger partial charge >= 0.3 is 0 Å². The molecule has 0 radical (unpaired) electrons. The minimum atomic E-state index is -3.48. The van der Waals surface area contributed by atoms with E-state index in [0.717, 1.165) is 6.42 Å². The number of rotatable bonds is 5. The SMILES string of the molecule is CCCC(N)C(=O)N1CCN(S(=O)(=O)c2ccccc2)CC1.Cl. The van der Waals surface area contributed by atoms with Crippen molar-refractivity contribution in [2.45, 2.75) is 30.7 Å². The number of amides is 1. The average molecular weight is 362 g/mol. The molecule has 6 nitrogen and oxygen atoms in total. The Hall–Kier alpha value is -1.15. The highest BCUT2D eigenvalue weighted by Crippen LogP contribution is 2.17. The summed E-state index contributed by atoms with van der Waals surface area (Å²) in [5.74, 6) is -0.0846. The lowest BCUT2D eigenvalue weighted by molar-refractivity contribution is -0.133. The fraction of sp³-hybridized carbons (Fsp3) is 0.533. The second-order valence-electron chi connectivity index (χ2n) is 5.44. The van der Waals surface area contributed by atoms with E-state index in [1.807, 2.05) is 6.92 Å². The van der Waals surface area contributed by atoms with Crippen LogP contribution in [-0.4, -0.2) is 55.8 Å².